The molecule has 0 heterocycles. The van der Waals surface area contributed by atoms with Gasteiger partial charge in [0, 0.05) is 22.5 Å². The van der Waals surface area contributed by atoms with Crippen molar-refractivity contribution in [3.05, 3.63) is 34.3 Å². The van der Waals surface area contributed by atoms with Crippen molar-refractivity contribution in [2.45, 2.75) is 72.4 Å². The summed E-state index contributed by atoms with van der Waals surface area (Å²) in [7, 11) is 0. The Hall–Kier alpha value is -0.380. The zero-order valence-corrected chi connectivity index (χ0v) is 16.6. The van der Waals surface area contributed by atoms with Gasteiger partial charge in [0.25, 0.3) is 0 Å². The summed E-state index contributed by atoms with van der Waals surface area (Å²) in [6.45, 7) is 13.5. The molecule has 4 N–H and O–H groups in total. The highest BCUT2D eigenvalue weighted by molar-refractivity contribution is 9.10. The topological polar surface area (TPSA) is 52.0 Å². The molecule has 1 rings (SSSR count). The van der Waals surface area contributed by atoms with Gasteiger partial charge in [-0.25, -0.2) is 0 Å². The Bertz CT molecular complexity index is 471. The fourth-order valence-electron chi connectivity index (χ4n) is 3.01. The van der Waals surface area contributed by atoms with Gasteiger partial charge in [0.15, 0.2) is 0 Å². The van der Waals surface area contributed by atoms with Gasteiger partial charge >= 0.3 is 0 Å². The van der Waals surface area contributed by atoms with Crippen LogP contribution >= 0.6 is 15.9 Å². The van der Waals surface area contributed by atoms with Crippen molar-refractivity contribution in [3.8, 4) is 0 Å². The fourth-order valence-corrected chi connectivity index (χ4v) is 3.43. The van der Waals surface area contributed by atoms with Gasteiger partial charge in [0.05, 0.1) is 0 Å². The summed E-state index contributed by atoms with van der Waals surface area (Å²) in [4.78, 5) is 0. The zero-order chi connectivity index (χ0) is 17.1. The van der Waals surface area contributed by atoms with Crippen LogP contribution in [-0.4, -0.2) is 12.1 Å². The largest absolute Gasteiger partial charge is 0.326 e. The Kier molecular flexibility index (Phi) is 6.67. The van der Waals surface area contributed by atoms with E-state index in [0.29, 0.717) is 0 Å². The Morgan fingerprint density at radius 2 is 1.50 bits per heavy atom. The Morgan fingerprint density at radius 1 is 0.955 bits per heavy atom. The van der Waals surface area contributed by atoms with Crippen molar-refractivity contribution >= 4 is 15.9 Å². The van der Waals surface area contributed by atoms with Crippen molar-refractivity contribution in [2.24, 2.45) is 22.3 Å². The number of rotatable bonds is 5. The lowest BCUT2D eigenvalue weighted by molar-refractivity contribution is 0.261. The quantitative estimate of drug-likeness (QED) is 0.762. The maximum Gasteiger partial charge on any atom is 0.0262 e. The normalized spacial score (nSPS) is 17.1. The van der Waals surface area contributed by atoms with E-state index in [1.165, 1.54) is 5.56 Å². The van der Waals surface area contributed by atoms with Gasteiger partial charge in [0.1, 0.15) is 0 Å². The molecule has 2 nitrogen and oxygen atoms in total. The molecule has 126 valence electrons. The highest BCUT2D eigenvalue weighted by Gasteiger charge is 2.31. The molecule has 0 bridgehead atoms. The summed E-state index contributed by atoms with van der Waals surface area (Å²) < 4.78 is 1.10. The molecule has 3 heteroatoms. The Morgan fingerprint density at radius 3 is 1.95 bits per heavy atom. The summed E-state index contributed by atoms with van der Waals surface area (Å²) in [5, 5.41) is 0. The van der Waals surface area contributed by atoms with Crippen LogP contribution in [0.4, 0.5) is 0 Å². The molecule has 0 spiro atoms. The first-order chi connectivity index (χ1) is 9.89. The minimum Gasteiger partial charge on any atom is -0.326 e. The molecular weight excluding hydrogens is 336 g/mol. The van der Waals surface area contributed by atoms with E-state index in [2.05, 4.69) is 81.7 Å². The van der Waals surface area contributed by atoms with Crippen LogP contribution in [0.1, 0.15) is 65.9 Å². The number of hydrogen-bond donors (Lipinski definition) is 2. The summed E-state index contributed by atoms with van der Waals surface area (Å²) >= 11 is 3.57. The van der Waals surface area contributed by atoms with Crippen molar-refractivity contribution < 1.29 is 0 Å². The second-order valence-electron chi connectivity index (χ2n) is 8.93. The Labute approximate surface area is 145 Å². The van der Waals surface area contributed by atoms with Crippen LogP contribution in [0.25, 0.3) is 0 Å². The van der Waals surface area contributed by atoms with Crippen LogP contribution in [0.5, 0.6) is 0 Å². The summed E-state index contributed by atoms with van der Waals surface area (Å²) in [5.74, 6) is 0.273. The van der Waals surface area contributed by atoms with Crippen LogP contribution in [0, 0.1) is 10.8 Å². The predicted octanol–water partition coefficient (Wildman–Crippen LogP) is 5.06. The first-order valence-corrected chi connectivity index (χ1v) is 8.95. The smallest absolute Gasteiger partial charge is 0.0262 e. The molecule has 3 unspecified atom stereocenters. The molecule has 0 fully saturated rings. The predicted molar refractivity (Wildman–Crippen MR) is 101 cm³/mol. The lowest BCUT2D eigenvalue weighted by atomic mass is 9.74. The monoisotopic (exact) mass is 368 g/mol. The lowest BCUT2D eigenvalue weighted by Gasteiger charge is -2.36. The van der Waals surface area contributed by atoms with Gasteiger partial charge in [-0.2, -0.15) is 0 Å². The molecule has 0 aliphatic carbocycles. The first-order valence-electron chi connectivity index (χ1n) is 8.16. The van der Waals surface area contributed by atoms with Crippen LogP contribution in [0.15, 0.2) is 28.7 Å². The average molecular weight is 369 g/mol. The van der Waals surface area contributed by atoms with Crippen molar-refractivity contribution in [3.63, 3.8) is 0 Å². The van der Waals surface area contributed by atoms with E-state index in [9.17, 15) is 0 Å². The summed E-state index contributed by atoms with van der Waals surface area (Å²) in [5.41, 5.74) is 14.8. The van der Waals surface area contributed by atoms with Gasteiger partial charge < -0.3 is 11.5 Å². The van der Waals surface area contributed by atoms with Gasteiger partial charge in [-0.1, -0.05) is 69.6 Å². The number of halogens is 1. The van der Waals surface area contributed by atoms with Crippen LogP contribution in [0.2, 0.25) is 0 Å². The van der Waals surface area contributed by atoms with Gasteiger partial charge in [-0.05, 0) is 41.4 Å². The van der Waals surface area contributed by atoms with Gasteiger partial charge in [0.2, 0.25) is 0 Å². The van der Waals surface area contributed by atoms with Crippen LogP contribution < -0.4 is 11.5 Å². The molecule has 0 aliphatic rings. The molecular formula is C19H33BrN2. The third-order valence-corrected chi connectivity index (χ3v) is 4.41. The molecule has 0 aliphatic heterocycles. The van der Waals surface area contributed by atoms with Crippen molar-refractivity contribution in [1.82, 2.24) is 0 Å². The van der Waals surface area contributed by atoms with Crippen LogP contribution in [0.3, 0.4) is 0 Å². The van der Waals surface area contributed by atoms with E-state index >= 15 is 0 Å². The molecule has 1 aromatic carbocycles. The minimum absolute atomic E-state index is 0.00586. The molecule has 22 heavy (non-hydrogen) atoms. The molecule has 0 aromatic heterocycles. The van der Waals surface area contributed by atoms with Crippen molar-refractivity contribution in [1.29, 1.82) is 0 Å². The van der Waals surface area contributed by atoms with E-state index < -0.39 is 0 Å². The fraction of sp³-hybridized carbons (Fsp3) is 0.684. The number of hydrogen-bond acceptors (Lipinski definition) is 2. The molecule has 3 atom stereocenters. The van der Waals surface area contributed by atoms with E-state index in [1.54, 1.807) is 0 Å². The van der Waals surface area contributed by atoms with Gasteiger partial charge in [-0.3, -0.25) is 0 Å². The second-order valence-corrected chi connectivity index (χ2v) is 9.85. The standard InChI is InChI=1S/C19H33BrN2/c1-18(2,3)11-15(13-8-7-9-14(20)10-13)17(22)16(21)12-19(4,5)6/h7-10,15-17H,11-12,21-22H2,1-6H3. The second kappa shape index (κ2) is 7.46. The van der Waals surface area contributed by atoms with Crippen LogP contribution in [-0.2, 0) is 0 Å². The number of nitrogens with two attached hydrogens (primary N) is 2. The maximum absolute atomic E-state index is 6.62. The minimum atomic E-state index is -0.0345. The molecule has 1 aromatic rings. The summed E-state index contributed by atoms with van der Waals surface area (Å²) in [6, 6.07) is 8.46. The molecule has 0 saturated heterocycles. The van der Waals surface area contributed by atoms with Gasteiger partial charge in [-0.15, -0.1) is 0 Å². The Balaban J connectivity index is 3.04. The van der Waals surface area contributed by atoms with E-state index in [0.717, 1.165) is 17.3 Å². The van der Waals surface area contributed by atoms with E-state index in [4.69, 9.17) is 11.5 Å². The zero-order valence-electron chi connectivity index (χ0n) is 15.0. The average Bonchev–Trinajstić information content (AvgIpc) is 2.32. The molecule has 0 amide bonds. The number of benzene rings is 1. The lowest BCUT2D eigenvalue weighted by Crippen LogP contribution is -2.48. The van der Waals surface area contributed by atoms with E-state index in [1.807, 2.05) is 0 Å². The third-order valence-electron chi connectivity index (χ3n) is 3.92. The van der Waals surface area contributed by atoms with E-state index in [-0.39, 0.29) is 28.8 Å². The first kappa shape index (κ1) is 19.7. The molecule has 0 saturated carbocycles. The highest BCUT2D eigenvalue weighted by Crippen LogP contribution is 2.36. The summed E-state index contributed by atoms with van der Waals surface area (Å²) in [6.07, 6.45) is 1.96. The maximum atomic E-state index is 6.62. The highest BCUT2D eigenvalue weighted by atomic mass is 79.9. The molecule has 0 radical (unpaired) electrons. The SMILES string of the molecule is CC(C)(C)CC(N)C(N)C(CC(C)(C)C)c1cccc(Br)c1. The van der Waals surface area contributed by atoms with Crippen molar-refractivity contribution in [2.75, 3.05) is 0 Å². The third kappa shape index (κ3) is 6.80.